The van der Waals surface area contributed by atoms with E-state index in [0.717, 1.165) is 12.2 Å². The van der Waals surface area contributed by atoms with Crippen LogP contribution in [0.4, 0.5) is 0 Å². The van der Waals surface area contributed by atoms with Crippen LogP contribution >= 0.6 is 12.6 Å². The van der Waals surface area contributed by atoms with Gasteiger partial charge in [0.15, 0.2) is 0 Å². The van der Waals surface area contributed by atoms with Crippen LogP contribution in [0.1, 0.15) is 5.56 Å². The molecule has 0 fully saturated rings. The second-order valence-corrected chi connectivity index (χ2v) is 2.21. The number of thiol groups is 1. The molecule has 0 unspecified atom stereocenters. The summed E-state index contributed by atoms with van der Waals surface area (Å²) in [5.41, 5.74) is 1.20. The largest absolute Gasteiger partial charge is 0.264 e. The number of aryl methyl sites for hydroxylation is 1. The highest BCUT2D eigenvalue weighted by Gasteiger charge is 1.86. The van der Waals surface area contributed by atoms with Gasteiger partial charge < -0.3 is 0 Å². The van der Waals surface area contributed by atoms with Crippen LogP contribution in [0.2, 0.25) is 0 Å². The molecule has 9 heavy (non-hydrogen) atoms. The molecular weight excluding hydrogens is 130 g/mol. The minimum Gasteiger partial charge on any atom is -0.264 e. The second kappa shape index (κ2) is 3.51. The predicted molar refractivity (Wildman–Crippen MR) is 40.6 cm³/mol. The molecule has 1 rings (SSSR count). The Kier molecular flexibility index (Phi) is 2.58. The van der Waals surface area contributed by atoms with Crippen molar-refractivity contribution in [2.45, 2.75) is 6.42 Å². The van der Waals surface area contributed by atoms with Gasteiger partial charge in [0.2, 0.25) is 0 Å². The van der Waals surface area contributed by atoms with Crippen molar-refractivity contribution in [1.82, 2.24) is 4.98 Å². The first-order valence-corrected chi connectivity index (χ1v) is 3.47. The van der Waals surface area contributed by atoms with Gasteiger partial charge in [0.25, 0.3) is 0 Å². The Bertz CT molecular complexity index is 162. The molecule has 0 spiro atoms. The Morgan fingerprint density at radius 3 is 3.11 bits per heavy atom. The van der Waals surface area contributed by atoms with Crippen LogP contribution in [0.25, 0.3) is 0 Å². The van der Waals surface area contributed by atoms with Gasteiger partial charge in [-0.2, -0.15) is 12.6 Å². The Morgan fingerprint density at radius 1 is 1.67 bits per heavy atom. The molecule has 1 aromatic rings. The summed E-state index contributed by atoms with van der Waals surface area (Å²) in [6.07, 6.45) is 4.47. The number of nitrogens with zero attached hydrogens (tertiary/aromatic N) is 1. The third-order valence-electron chi connectivity index (χ3n) is 1.06. The lowest BCUT2D eigenvalue weighted by Gasteiger charge is -1.92. The molecule has 0 aromatic carbocycles. The zero-order valence-electron chi connectivity index (χ0n) is 5.04. The first kappa shape index (κ1) is 6.62. The van der Waals surface area contributed by atoms with Gasteiger partial charge in [0.05, 0.1) is 0 Å². The third kappa shape index (κ3) is 2.06. The summed E-state index contributed by atoms with van der Waals surface area (Å²) in [6.45, 7) is 0. The van der Waals surface area contributed by atoms with Crippen molar-refractivity contribution in [2.24, 2.45) is 0 Å². The average Bonchev–Trinajstić information content (AvgIpc) is 1.91. The first-order chi connectivity index (χ1) is 4.43. The summed E-state index contributed by atoms with van der Waals surface area (Å²) >= 11 is 4.09. The number of hydrogen-bond donors (Lipinski definition) is 1. The van der Waals surface area contributed by atoms with Crippen LogP contribution in [-0.4, -0.2) is 10.7 Å². The SMILES string of the molecule is SCCc1c[c]cnc1. The molecule has 47 valence electrons. The zero-order chi connectivity index (χ0) is 6.53. The summed E-state index contributed by atoms with van der Waals surface area (Å²) in [5.74, 6) is 0.875. The summed E-state index contributed by atoms with van der Waals surface area (Å²) in [6, 6.07) is 4.83. The minimum atomic E-state index is 0.875. The Balaban J connectivity index is 2.61. The maximum absolute atomic E-state index is 4.09. The monoisotopic (exact) mass is 138 g/mol. The molecule has 0 aliphatic rings. The lowest BCUT2D eigenvalue weighted by atomic mass is 10.2. The van der Waals surface area contributed by atoms with Gasteiger partial charge >= 0.3 is 0 Å². The van der Waals surface area contributed by atoms with Crippen molar-refractivity contribution >= 4 is 12.6 Å². The molecule has 1 radical (unpaired) electrons. The lowest BCUT2D eigenvalue weighted by molar-refractivity contribution is 1.12. The van der Waals surface area contributed by atoms with E-state index in [2.05, 4.69) is 23.7 Å². The van der Waals surface area contributed by atoms with Crippen LogP contribution in [-0.2, 0) is 6.42 Å². The second-order valence-electron chi connectivity index (χ2n) is 1.77. The molecule has 0 aliphatic heterocycles. The van der Waals surface area contributed by atoms with E-state index in [1.807, 2.05) is 12.3 Å². The van der Waals surface area contributed by atoms with Gasteiger partial charge in [0, 0.05) is 18.5 Å². The van der Waals surface area contributed by atoms with E-state index in [4.69, 9.17) is 0 Å². The van der Waals surface area contributed by atoms with Crippen molar-refractivity contribution in [3.05, 3.63) is 30.1 Å². The molecule has 1 aromatic heterocycles. The maximum atomic E-state index is 4.09. The Labute approximate surface area is 60.5 Å². The van der Waals surface area contributed by atoms with Crippen LogP contribution in [0.15, 0.2) is 18.5 Å². The summed E-state index contributed by atoms with van der Waals surface area (Å²) < 4.78 is 0. The van der Waals surface area contributed by atoms with E-state index in [1.54, 1.807) is 6.20 Å². The molecular formula is C7H8NS. The smallest absolute Gasteiger partial charge is 0.0347 e. The highest BCUT2D eigenvalue weighted by molar-refractivity contribution is 7.80. The quantitative estimate of drug-likeness (QED) is 0.609. The van der Waals surface area contributed by atoms with E-state index in [9.17, 15) is 0 Å². The molecule has 1 nitrogen and oxygen atoms in total. The molecule has 0 saturated heterocycles. The van der Waals surface area contributed by atoms with Crippen molar-refractivity contribution in [3.8, 4) is 0 Å². The number of hydrogen-bond acceptors (Lipinski definition) is 2. The number of pyridine rings is 1. The van der Waals surface area contributed by atoms with E-state index in [0.29, 0.717) is 0 Å². The van der Waals surface area contributed by atoms with Crippen LogP contribution in [0.5, 0.6) is 0 Å². The molecule has 0 N–H and O–H groups in total. The molecule has 0 aliphatic carbocycles. The number of rotatable bonds is 2. The molecule has 0 bridgehead atoms. The summed E-state index contributed by atoms with van der Waals surface area (Å²) in [7, 11) is 0. The molecule has 0 amide bonds. The van der Waals surface area contributed by atoms with Gasteiger partial charge in [-0.15, -0.1) is 0 Å². The first-order valence-electron chi connectivity index (χ1n) is 2.84. The van der Waals surface area contributed by atoms with Crippen molar-refractivity contribution < 1.29 is 0 Å². The molecule has 0 saturated carbocycles. The van der Waals surface area contributed by atoms with E-state index in [1.165, 1.54) is 5.56 Å². The van der Waals surface area contributed by atoms with Gasteiger partial charge in [-0.1, -0.05) is 0 Å². The predicted octanol–water partition coefficient (Wildman–Crippen LogP) is 1.35. The van der Waals surface area contributed by atoms with Crippen LogP contribution < -0.4 is 0 Å². The van der Waals surface area contributed by atoms with Gasteiger partial charge in [-0.25, -0.2) is 0 Å². The van der Waals surface area contributed by atoms with Crippen molar-refractivity contribution in [1.29, 1.82) is 0 Å². The lowest BCUT2D eigenvalue weighted by Crippen LogP contribution is -1.85. The molecule has 2 heteroatoms. The third-order valence-corrected chi connectivity index (χ3v) is 1.28. The minimum absolute atomic E-state index is 0.875. The molecule has 1 heterocycles. The summed E-state index contributed by atoms with van der Waals surface area (Å²) in [4.78, 5) is 3.91. The Morgan fingerprint density at radius 2 is 2.56 bits per heavy atom. The van der Waals surface area contributed by atoms with Crippen molar-refractivity contribution in [3.63, 3.8) is 0 Å². The van der Waals surface area contributed by atoms with Gasteiger partial charge in [-0.05, 0) is 23.8 Å². The summed E-state index contributed by atoms with van der Waals surface area (Å²) in [5, 5.41) is 0. The Hall–Kier alpha value is -0.500. The fourth-order valence-electron chi connectivity index (χ4n) is 0.623. The topological polar surface area (TPSA) is 12.9 Å². The van der Waals surface area contributed by atoms with Crippen molar-refractivity contribution in [2.75, 3.05) is 5.75 Å². The molecule has 0 atom stereocenters. The fraction of sp³-hybridized carbons (Fsp3) is 0.286. The number of aromatic nitrogens is 1. The zero-order valence-corrected chi connectivity index (χ0v) is 5.94. The van der Waals surface area contributed by atoms with E-state index < -0.39 is 0 Å². The van der Waals surface area contributed by atoms with Gasteiger partial charge in [-0.3, -0.25) is 4.98 Å². The highest BCUT2D eigenvalue weighted by Crippen LogP contribution is 1.96. The normalized spacial score (nSPS) is 9.44. The standard InChI is InChI=1S/C7H8NS/c9-5-3-7-2-1-4-8-6-7/h2,4,6,9H,3,5H2. The average molecular weight is 138 g/mol. The highest BCUT2D eigenvalue weighted by atomic mass is 32.1. The van der Waals surface area contributed by atoms with Gasteiger partial charge in [0.1, 0.15) is 0 Å². The van der Waals surface area contributed by atoms with Crippen LogP contribution in [0, 0.1) is 6.07 Å². The van der Waals surface area contributed by atoms with E-state index >= 15 is 0 Å². The van der Waals surface area contributed by atoms with Crippen LogP contribution in [0.3, 0.4) is 0 Å². The van der Waals surface area contributed by atoms with E-state index in [-0.39, 0.29) is 0 Å². The maximum Gasteiger partial charge on any atom is 0.0347 e. The fourth-order valence-corrected chi connectivity index (χ4v) is 0.882.